The minimum Gasteiger partial charge on any atom is -0.395 e. The van der Waals surface area contributed by atoms with Crippen LogP contribution in [0.25, 0.3) is 21.9 Å². The lowest BCUT2D eigenvalue weighted by molar-refractivity contribution is 1.07. The van der Waals surface area contributed by atoms with Crippen LogP contribution in [0.2, 0.25) is 0 Å². The molecule has 142 valence electrons. The van der Waals surface area contributed by atoms with Crippen molar-refractivity contribution in [3.05, 3.63) is 82.3 Å². The van der Waals surface area contributed by atoms with Gasteiger partial charge >= 0.3 is 0 Å². The van der Waals surface area contributed by atoms with E-state index < -0.39 is 0 Å². The Morgan fingerprint density at radius 2 is 1.17 bits per heavy atom. The van der Waals surface area contributed by atoms with Gasteiger partial charge in [-0.05, 0) is 38.1 Å². The Labute approximate surface area is 175 Å². The molecule has 4 rings (SSSR count). The molecule has 0 spiro atoms. The number of hydrogen-bond donors (Lipinski definition) is 0. The second-order valence-electron chi connectivity index (χ2n) is 7.14. The maximum absolute atomic E-state index is 10.0. The zero-order valence-electron chi connectivity index (χ0n) is 17.3. The third kappa shape index (κ3) is 2.74. The molecule has 0 bridgehead atoms. The fourth-order valence-electron chi connectivity index (χ4n) is 4.02. The highest BCUT2D eigenvalue weighted by Crippen LogP contribution is 2.21. The molecule has 0 aliphatic rings. The lowest BCUT2D eigenvalue weighted by atomic mass is 10.1. The molecule has 0 fully saturated rings. The molecule has 0 N–H and O–H groups in total. The number of fused-ring (bicyclic) bond motifs is 1. The smallest absolute Gasteiger partial charge is 0.223 e. The SMILES string of the molecule is Bn1c(C)c2/c(=C(\C#N)c3ccccn3)n(B)c(C)c2/c1=C(\C#N)c1ccccn1. The molecule has 0 unspecified atom stereocenters. The molecule has 0 aliphatic carbocycles. The molecule has 4 heterocycles. The lowest BCUT2D eigenvalue weighted by Crippen LogP contribution is -2.23. The molecule has 8 heteroatoms. The second-order valence-corrected chi connectivity index (χ2v) is 7.14. The number of nitrogens with zero attached hydrogens (tertiary/aromatic N) is 6. The van der Waals surface area contributed by atoms with Crippen LogP contribution in [-0.4, -0.2) is 34.9 Å². The summed E-state index contributed by atoms with van der Waals surface area (Å²) in [7, 11) is 3.89. The van der Waals surface area contributed by atoms with E-state index in [9.17, 15) is 10.5 Å². The predicted molar refractivity (Wildman–Crippen MR) is 121 cm³/mol. The summed E-state index contributed by atoms with van der Waals surface area (Å²) in [6.07, 6.45) is 3.37. The zero-order valence-corrected chi connectivity index (χ0v) is 17.3. The van der Waals surface area contributed by atoms with E-state index in [1.54, 1.807) is 12.4 Å². The van der Waals surface area contributed by atoms with E-state index in [-0.39, 0.29) is 0 Å². The van der Waals surface area contributed by atoms with E-state index in [2.05, 4.69) is 22.1 Å². The number of rotatable bonds is 2. The quantitative estimate of drug-likeness (QED) is 0.456. The van der Waals surface area contributed by atoms with E-state index in [4.69, 9.17) is 0 Å². The second kappa shape index (κ2) is 7.42. The third-order valence-corrected chi connectivity index (χ3v) is 5.66. The summed E-state index contributed by atoms with van der Waals surface area (Å²) in [6, 6.07) is 15.8. The van der Waals surface area contributed by atoms with Crippen molar-refractivity contribution in [1.82, 2.24) is 18.9 Å². The van der Waals surface area contributed by atoms with Crippen LogP contribution in [0.4, 0.5) is 0 Å². The maximum Gasteiger partial charge on any atom is 0.223 e. The van der Waals surface area contributed by atoms with Crippen LogP contribution in [0.1, 0.15) is 22.8 Å². The Morgan fingerprint density at radius 1 is 0.767 bits per heavy atom. The highest BCUT2D eigenvalue weighted by atomic mass is 14.9. The summed E-state index contributed by atoms with van der Waals surface area (Å²) in [5, 5.41) is 23.6. The van der Waals surface area contributed by atoms with E-state index >= 15 is 0 Å². The minimum absolute atomic E-state index is 0.507. The Balaban J connectivity index is 2.30. The summed E-state index contributed by atoms with van der Waals surface area (Å²) in [5.74, 6) is 0. The molecule has 0 atom stereocenters. The van der Waals surface area contributed by atoms with Crippen molar-refractivity contribution < 1.29 is 0 Å². The summed E-state index contributed by atoms with van der Waals surface area (Å²) in [4.78, 5) is 8.79. The van der Waals surface area contributed by atoms with Gasteiger partial charge in [-0.15, -0.1) is 0 Å². The van der Waals surface area contributed by atoms with Gasteiger partial charge in [0.25, 0.3) is 0 Å². The summed E-state index contributed by atoms with van der Waals surface area (Å²) in [6.45, 7) is 4.02. The van der Waals surface area contributed by atoms with Crippen molar-refractivity contribution >= 4 is 37.9 Å². The first kappa shape index (κ1) is 19.3. The van der Waals surface area contributed by atoms with Crippen molar-refractivity contribution in [2.24, 2.45) is 0 Å². The van der Waals surface area contributed by atoms with Gasteiger partial charge in [0, 0.05) is 34.6 Å². The van der Waals surface area contributed by atoms with Crippen molar-refractivity contribution in [3.8, 4) is 12.1 Å². The first-order valence-corrected chi connectivity index (χ1v) is 9.53. The molecule has 4 aromatic rings. The van der Waals surface area contributed by atoms with E-state index in [1.807, 2.05) is 75.2 Å². The van der Waals surface area contributed by atoms with Gasteiger partial charge in [-0.1, -0.05) is 12.1 Å². The average Bonchev–Trinajstić information content (AvgIpc) is 3.18. The Morgan fingerprint density at radius 3 is 1.47 bits per heavy atom. The Hall–Kier alpha value is -4.03. The molecule has 4 aromatic heterocycles. The molecule has 0 aliphatic heterocycles. The van der Waals surface area contributed by atoms with Crippen molar-refractivity contribution in [2.45, 2.75) is 13.8 Å². The Bertz CT molecular complexity index is 1370. The van der Waals surface area contributed by atoms with Gasteiger partial charge in [0.05, 0.1) is 22.1 Å². The topological polar surface area (TPSA) is 83.2 Å². The van der Waals surface area contributed by atoms with Gasteiger partial charge < -0.3 is 8.96 Å². The van der Waals surface area contributed by atoms with Crippen molar-refractivity contribution in [1.29, 1.82) is 10.5 Å². The Kier molecular flexibility index (Phi) is 4.77. The maximum atomic E-state index is 10.0. The van der Waals surface area contributed by atoms with Crippen LogP contribution in [0.3, 0.4) is 0 Å². The number of pyridine rings is 2. The first-order chi connectivity index (χ1) is 14.5. The lowest BCUT2D eigenvalue weighted by Gasteiger charge is -2.06. The van der Waals surface area contributed by atoms with Crippen LogP contribution in [0.15, 0.2) is 48.8 Å². The molecule has 0 aromatic carbocycles. The standard InChI is InChI=1S/C22H18B2N6/c1-13-19-20(22(29(13)23)16(12-26)18-8-4-6-10-28-18)14(2)30(24)21(19)15(11-25)17-7-3-5-9-27-17/h3-10H,23-24H2,1-2H3/b21-15-,22-16-. The first-order valence-electron chi connectivity index (χ1n) is 9.53. The van der Waals surface area contributed by atoms with E-state index in [1.165, 1.54) is 0 Å². The highest BCUT2D eigenvalue weighted by Gasteiger charge is 2.21. The number of aromatic nitrogens is 4. The number of nitriles is 2. The fraction of sp³-hybridized carbons (Fsp3) is 0.0909. The largest absolute Gasteiger partial charge is 0.395 e. The molecule has 0 amide bonds. The molecule has 0 saturated heterocycles. The van der Waals surface area contributed by atoms with Gasteiger partial charge in [-0.2, -0.15) is 10.5 Å². The average molecular weight is 388 g/mol. The number of hydrogen-bond acceptors (Lipinski definition) is 4. The van der Waals surface area contributed by atoms with E-state index in [0.717, 1.165) is 32.9 Å². The molecule has 0 radical (unpaired) electrons. The molecular formula is C22H18B2N6. The van der Waals surface area contributed by atoms with Gasteiger partial charge in [0.15, 0.2) is 0 Å². The third-order valence-electron chi connectivity index (χ3n) is 5.66. The summed E-state index contributed by atoms with van der Waals surface area (Å²) >= 11 is 0. The summed E-state index contributed by atoms with van der Waals surface area (Å²) < 4.78 is 4.03. The monoisotopic (exact) mass is 388 g/mol. The normalized spacial score (nSPS) is 12.9. The number of aryl methyl sites for hydroxylation is 2. The van der Waals surface area contributed by atoms with Crippen LogP contribution >= 0.6 is 0 Å². The fourth-order valence-corrected chi connectivity index (χ4v) is 4.02. The van der Waals surface area contributed by atoms with Crippen LogP contribution in [0, 0.1) is 36.5 Å². The molecule has 30 heavy (non-hydrogen) atoms. The van der Waals surface area contributed by atoms with E-state index in [0.29, 0.717) is 22.5 Å². The molecule has 0 saturated carbocycles. The van der Waals surface area contributed by atoms with Crippen LogP contribution < -0.4 is 10.7 Å². The van der Waals surface area contributed by atoms with Gasteiger partial charge in [-0.25, -0.2) is 0 Å². The predicted octanol–water partition coefficient (Wildman–Crippen LogP) is 0.0872. The van der Waals surface area contributed by atoms with Crippen LogP contribution in [-0.2, 0) is 0 Å². The van der Waals surface area contributed by atoms with Gasteiger partial charge in [-0.3, -0.25) is 9.97 Å². The molecular weight excluding hydrogens is 370 g/mol. The zero-order chi connectivity index (χ0) is 21.4. The molecule has 6 nitrogen and oxygen atoms in total. The van der Waals surface area contributed by atoms with Gasteiger partial charge in [0.2, 0.25) is 16.0 Å². The highest BCUT2D eigenvalue weighted by molar-refractivity contribution is 6.14. The van der Waals surface area contributed by atoms with Gasteiger partial charge in [0.1, 0.15) is 23.3 Å². The van der Waals surface area contributed by atoms with Crippen molar-refractivity contribution in [3.63, 3.8) is 0 Å². The summed E-state index contributed by atoms with van der Waals surface area (Å²) in [5.41, 5.74) is 4.22. The minimum atomic E-state index is 0.507. The van der Waals surface area contributed by atoms with Crippen LogP contribution in [0.5, 0.6) is 0 Å². The van der Waals surface area contributed by atoms with Crippen molar-refractivity contribution in [2.75, 3.05) is 0 Å².